The molecule has 0 saturated carbocycles. The van der Waals surface area contributed by atoms with Crippen LogP contribution in [0, 0.1) is 6.92 Å². The van der Waals surface area contributed by atoms with Gasteiger partial charge in [-0.3, -0.25) is 9.69 Å². The van der Waals surface area contributed by atoms with Gasteiger partial charge in [-0.1, -0.05) is 30.3 Å². The minimum absolute atomic E-state index is 0. The van der Waals surface area contributed by atoms with Gasteiger partial charge in [0, 0.05) is 30.8 Å². The standard InChI is InChI=1S/C22H23NO4.ClH/c1-15-20(24)17-8-9-19(25-2)18(14-23-10-12-26-13-11-23)22(17)27-21(15)16-6-4-3-5-7-16;/h3-9H,10-14H2,1-2H3;1H. The van der Waals surface area contributed by atoms with Crippen molar-refractivity contribution in [3.63, 3.8) is 0 Å². The zero-order valence-electron chi connectivity index (χ0n) is 16.1. The lowest BCUT2D eigenvalue weighted by Crippen LogP contribution is -2.35. The van der Waals surface area contributed by atoms with E-state index in [0.29, 0.717) is 42.1 Å². The van der Waals surface area contributed by atoms with Gasteiger partial charge in [0.15, 0.2) is 5.43 Å². The Morgan fingerprint density at radius 2 is 1.79 bits per heavy atom. The molecular weight excluding hydrogens is 378 g/mol. The topological polar surface area (TPSA) is 51.9 Å². The summed E-state index contributed by atoms with van der Waals surface area (Å²) in [5, 5.41) is 0.594. The quantitative estimate of drug-likeness (QED) is 0.660. The van der Waals surface area contributed by atoms with Crippen LogP contribution in [-0.2, 0) is 11.3 Å². The van der Waals surface area contributed by atoms with Gasteiger partial charge in [0.25, 0.3) is 0 Å². The normalized spacial score (nSPS) is 14.6. The molecule has 0 radical (unpaired) electrons. The number of morpholine rings is 1. The lowest BCUT2D eigenvalue weighted by molar-refractivity contribution is 0.0339. The molecule has 5 nitrogen and oxygen atoms in total. The Morgan fingerprint density at radius 1 is 1.07 bits per heavy atom. The van der Waals surface area contributed by atoms with Crippen molar-refractivity contribution in [1.29, 1.82) is 0 Å². The zero-order valence-corrected chi connectivity index (χ0v) is 16.9. The van der Waals surface area contributed by atoms with Crippen molar-refractivity contribution in [2.45, 2.75) is 13.5 Å². The number of fused-ring (bicyclic) bond motifs is 1. The Morgan fingerprint density at radius 3 is 2.46 bits per heavy atom. The van der Waals surface area contributed by atoms with Gasteiger partial charge in [-0.15, -0.1) is 12.4 Å². The zero-order chi connectivity index (χ0) is 18.8. The second-order valence-electron chi connectivity index (χ2n) is 6.76. The summed E-state index contributed by atoms with van der Waals surface area (Å²) in [6.07, 6.45) is 0. The van der Waals surface area contributed by atoms with Crippen LogP contribution in [0.25, 0.3) is 22.3 Å². The van der Waals surface area contributed by atoms with Gasteiger partial charge in [0.1, 0.15) is 17.1 Å². The van der Waals surface area contributed by atoms with Crippen LogP contribution < -0.4 is 10.2 Å². The highest BCUT2D eigenvalue weighted by molar-refractivity contribution is 5.85. The SMILES string of the molecule is COc1ccc2c(=O)c(C)c(-c3ccccc3)oc2c1CN1CCOCC1.Cl. The molecule has 3 aromatic rings. The van der Waals surface area contributed by atoms with E-state index in [2.05, 4.69) is 4.90 Å². The number of ether oxygens (including phenoxy) is 2. The molecule has 1 aliphatic rings. The summed E-state index contributed by atoms with van der Waals surface area (Å²) in [5.41, 5.74) is 3.03. The van der Waals surface area contributed by atoms with Crippen LogP contribution in [0.4, 0.5) is 0 Å². The molecular formula is C22H24ClNO4. The third kappa shape index (κ3) is 3.78. The van der Waals surface area contributed by atoms with Crippen molar-refractivity contribution in [1.82, 2.24) is 4.90 Å². The largest absolute Gasteiger partial charge is 0.496 e. The van der Waals surface area contributed by atoms with Gasteiger partial charge in [-0.05, 0) is 19.1 Å². The van der Waals surface area contributed by atoms with Gasteiger partial charge in [-0.25, -0.2) is 0 Å². The van der Waals surface area contributed by atoms with Crippen LogP contribution in [-0.4, -0.2) is 38.3 Å². The fourth-order valence-electron chi connectivity index (χ4n) is 3.58. The van der Waals surface area contributed by atoms with Crippen LogP contribution in [0.15, 0.2) is 51.7 Å². The molecule has 4 rings (SSSR count). The summed E-state index contributed by atoms with van der Waals surface area (Å²) in [6, 6.07) is 13.4. The van der Waals surface area contributed by atoms with Crippen LogP contribution >= 0.6 is 12.4 Å². The summed E-state index contributed by atoms with van der Waals surface area (Å²) in [4.78, 5) is 15.3. The molecule has 0 unspecified atom stereocenters. The van der Waals surface area contributed by atoms with Crippen molar-refractivity contribution < 1.29 is 13.9 Å². The number of benzene rings is 2. The van der Waals surface area contributed by atoms with E-state index in [1.54, 1.807) is 13.2 Å². The van der Waals surface area contributed by atoms with Crippen LogP contribution in [0.5, 0.6) is 5.75 Å². The van der Waals surface area contributed by atoms with Crippen LogP contribution in [0.3, 0.4) is 0 Å². The molecule has 0 atom stereocenters. The maximum atomic E-state index is 13.0. The van der Waals surface area contributed by atoms with Crippen molar-refractivity contribution in [2.75, 3.05) is 33.4 Å². The van der Waals surface area contributed by atoms with Gasteiger partial charge < -0.3 is 13.9 Å². The summed E-state index contributed by atoms with van der Waals surface area (Å²) >= 11 is 0. The summed E-state index contributed by atoms with van der Waals surface area (Å²) in [6.45, 7) is 5.60. The molecule has 1 aliphatic heterocycles. The molecule has 1 fully saturated rings. The van der Waals surface area contributed by atoms with Crippen LogP contribution in [0.2, 0.25) is 0 Å². The predicted octanol–water partition coefficient (Wildman–Crippen LogP) is 4.03. The van der Waals surface area contributed by atoms with E-state index in [1.165, 1.54) is 0 Å². The molecule has 0 spiro atoms. The predicted molar refractivity (Wildman–Crippen MR) is 113 cm³/mol. The Kier molecular flexibility index (Phi) is 6.39. The van der Waals surface area contributed by atoms with E-state index < -0.39 is 0 Å². The van der Waals surface area contributed by atoms with E-state index >= 15 is 0 Å². The molecule has 1 aromatic heterocycles. The smallest absolute Gasteiger partial charge is 0.196 e. The van der Waals surface area contributed by atoms with Crippen molar-refractivity contribution >= 4 is 23.4 Å². The number of hydrogen-bond donors (Lipinski definition) is 0. The number of hydrogen-bond acceptors (Lipinski definition) is 5. The van der Waals surface area contributed by atoms with Gasteiger partial charge in [0.2, 0.25) is 0 Å². The molecule has 148 valence electrons. The number of nitrogens with zero attached hydrogens (tertiary/aromatic N) is 1. The Labute approximate surface area is 170 Å². The monoisotopic (exact) mass is 401 g/mol. The van der Waals surface area contributed by atoms with Crippen LogP contribution in [0.1, 0.15) is 11.1 Å². The van der Waals surface area contributed by atoms with E-state index in [0.717, 1.165) is 30.0 Å². The first-order valence-electron chi connectivity index (χ1n) is 9.18. The Bertz CT molecular complexity index is 1010. The molecule has 0 aliphatic carbocycles. The highest BCUT2D eigenvalue weighted by Crippen LogP contribution is 2.32. The van der Waals surface area contributed by atoms with E-state index in [9.17, 15) is 4.79 Å². The van der Waals surface area contributed by atoms with E-state index in [1.807, 2.05) is 43.3 Å². The van der Waals surface area contributed by atoms with Crippen molar-refractivity contribution in [3.05, 3.63) is 63.8 Å². The first-order chi connectivity index (χ1) is 13.2. The summed E-state index contributed by atoms with van der Waals surface area (Å²) in [5.74, 6) is 1.35. The molecule has 0 amide bonds. The van der Waals surface area contributed by atoms with E-state index in [4.69, 9.17) is 13.9 Å². The van der Waals surface area contributed by atoms with Gasteiger partial charge in [-0.2, -0.15) is 0 Å². The molecule has 0 N–H and O–H groups in total. The lowest BCUT2D eigenvalue weighted by atomic mass is 10.0. The maximum Gasteiger partial charge on any atom is 0.196 e. The minimum Gasteiger partial charge on any atom is -0.496 e. The molecule has 28 heavy (non-hydrogen) atoms. The Balaban J connectivity index is 0.00000225. The van der Waals surface area contributed by atoms with Crippen molar-refractivity contribution in [2.24, 2.45) is 0 Å². The third-order valence-electron chi connectivity index (χ3n) is 5.09. The molecule has 6 heteroatoms. The fourth-order valence-corrected chi connectivity index (χ4v) is 3.58. The molecule has 2 aromatic carbocycles. The Hall–Kier alpha value is -2.34. The minimum atomic E-state index is 0. The van der Waals surface area contributed by atoms with Gasteiger partial charge >= 0.3 is 0 Å². The second-order valence-corrected chi connectivity index (χ2v) is 6.76. The maximum absolute atomic E-state index is 13.0. The van der Waals surface area contributed by atoms with Gasteiger partial charge in [0.05, 0.1) is 31.3 Å². The first kappa shape index (κ1) is 20.4. The molecule has 1 saturated heterocycles. The average molecular weight is 402 g/mol. The number of methoxy groups -OCH3 is 1. The van der Waals surface area contributed by atoms with Crippen molar-refractivity contribution in [3.8, 4) is 17.1 Å². The summed E-state index contributed by atoms with van der Waals surface area (Å²) in [7, 11) is 1.65. The highest BCUT2D eigenvalue weighted by atomic mass is 35.5. The lowest BCUT2D eigenvalue weighted by Gasteiger charge is -2.27. The fraction of sp³-hybridized carbons (Fsp3) is 0.318. The molecule has 0 bridgehead atoms. The highest BCUT2D eigenvalue weighted by Gasteiger charge is 2.20. The number of rotatable bonds is 4. The average Bonchev–Trinajstić information content (AvgIpc) is 2.72. The van der Waals surface area contributed by atoms with E-state index in [-0.39, 0.29) is 17.8 Å². The third-order valence-corrected chi connectivity index (χ3v) is 5.09. The molecule has 2 heterocycles. The second kappa shape index (κ2) is 8.78. The first-order valence-corrected chi connectivity index (χ1v) is 9.18. The number of halogens is 1. The summed E-state index contributed by atoms with van der Waals surface area (Å²) < 4.78 is 17.4.